The normalized spacial score (nSPS) is 46.7. The van der Waals surface area contributed by atoms with Gasteiger partial charge in [0.1, 0.15) is 0 Å². The largest absolute Gasteiger partial charge is 0.264 e. The van der Waals surface area contributed by atoms with E-state index in [0.29, 0.717) is 17.3 Å². The minimum atomic E-state index is -0.267. The molecule has 3 heteroatoms. The Kier molecular flexibility index (Phi) is 1.70. The van der Waals surface area contributed by atoms with E-state index in [1.807, 2.05) is 0 Å². The Bertz CT molecular complexity index is 249. The lowest BCUT2D eigenvalue weighted by Crippen LogP contribution is -2.58. The lowest BCUT2D eigenvalue weighted by molar-refractivity contribution is -0.547. The molecule has 0 aromatic heterocycles. The van der Waals surface area contributed by atoms with Crippen LogP contribution in [-0.2, 0) is 0 Å². The minimum absolute atomic E-state index is 0.0704. The van der Waals surface area contributed by atoms with Gasteiger partial charge in [-0.05, 0) is 23.7 Å². The SMILES string of the molecule is C[C@@H]1[C@@H]([N+](=O)[O-])C[C@H]2C[C@@H]1C2(C)C. The van der Waals surface area contributed by atoms with E-state index in [1.165, 1.54) is 6.42 Å². The zero-order valence-electron chi connectivity index (χ0n) is 8.49. The van der Waals surface area contributed by atoms with Crippen molar-refractivity contribution in [3.63, 3.8) is 0 Å². The summed E-state index contributed by atoms with van der Waals surface area (Å²) in [4.78, 5) is 10.7. The summed E-state index contributed by atoms with van der Waals surface area (Å²) >= 11 is 0. The number of fused-ring (bicyclic) bond motifs is 2. The predicted octanol–water partition coefficient (Wildman–Crippen LogP) is 2.33. The molecule has 0 N–H and O–H groups in total. The van der Waals surface area contributed by atoms with Crippen LogP contribution < -0.4 is 0 Å². The van der Waals surface area contributed by atoms with Gasteiger partial charge in [-0.25, -0.2) is 0 Å². The Morgan fingerprint density at radius 2 is 2.00 bits per heavy atom. The summed E-state index contributed by atoms with van der Waals surface area (Å²) in [5.41, 5.74) is 0.367. The van der Waals surface area contributed by atoms with Crippen molar-refractivity contribution in [2.45, 2.75) is 39.7 Å². The summed E-state index contributed by atoms with van der Waals surface area (Å²) in [6.45, 7) is 6.58. The van der Waals surface area contributed by atoms with E-state index in [9.17, 15) is 10.1 Å². The molecular weight excluding hydrogens is 166 g/mol. The molecule has 3 nitrogen and oxygen atoms in total. The van der Waals surface area contributed by atoms with Crippen molar-refractivity contribution in [2.24, 2.45) is 23.2 Å². The molecule has 74 valence electrons. The molecular formula is C10H17NO2. The van der Waals surface area contributed by atoms with Gasteiger partial charge >= 0.3 is 0 Å². The highest BCUT2D eigenvalue weighted by molar-refractivity contribution is 5.05. The Hall–Kier alpha value is -0.600. The first kappa shape index (κ1) is 8.97. The van der Waals surface area contributed by atoms with Crippen molar-refractivity contribution in [1.82, 2.24) is 0 Å². The van der Waals surface area contributed by atoms with Crippen LogP contribution in [0.3, 0.4) is 0 Å². The molecule has 3 saturated carbocycles. The van der Waals surface area contributed by atoms with Gasteiger partial charge in [-0.15, -0.1) is 0 Å². The quantitative estimate of drug-likeness (QED) is 0.462. The molecule has 0 saturated heterocycles. The maximum absolute atomic E-state index is 10.7. The third kappa shape index (κ3) is 1.02. The summed E-state index contributed by atoms with van der Waals surface area (Å²) in [5, 5.41) is 10.7. The van der Waals surface area contributed by atoms with Gasteiger partial charge in [0.25, 0.3) is 0 Å². The fraction of sp³-hybridized carbons (Fsp3) is 1.00. The molecule has 0 spiro atoms. The second kappa shape index (κ2) is 2.46. The van der Waals surface area contributed by atoms with E-state index in [-0.39, 0.29) is 16.9 Å². The molecule has 13 heavy (non-hydrogen) atoms. The van der Waals surface area contributed by atoms with Gasteiger partial charge in [-0.1, -0.05) is 20.8 Å². The lowest BCUT2D eigenvalue weighted by atomic mass is 9.45. The van der Waals surface area contributed by atoms with E-state index < -0.39 is 0 Å². The molecule has 0 heterocycles. The van der Waals surface area contributed by atoms with Crippen LogP contribution in [0.1, 0.15) is 33.6 Å². The van der Waals surface area contributed by atoms with Gasteiger partial charge in [-0.2, -0.15) is 0 Å². The third-order valence-electron chi connectivity index (χ3n) is 4.58. The number of nitrogens with zero attached hydrogens (tertiary/aromatic N) is 1. The highest BCUT2D eigenvalue weighted by Crippen LogP contribution is 2.61. The van der Waals surface area contributed by atoms with Crippen molar-refractivity contribution in [3.8, 4) is 0 Å². The highest BCUT2D eigenvalue weighted by atomic mass is 16.6. The Morgan fingerprint density at radius 1 is 1.38 bits per heavy atom. The van der Waals surface area contributed by atoms with Crippen molar-refractivity contribution in [3.05, 3.63) is 10.1 Å². The predicted molar refractivity (Wildman–Crippen MR) is 49.9 cm³/mol. The van der Waals surface area contributed by atoms with Crippen LogP contribution in [0.4, 0.5) is 0 Å². The summed E-state index contributed by atoms with van der Waals surface area (Å²) in [7, 11) is 0. The zero-order chi connectivity index (χ0) is 9.80. The summed E-state index contributed by atoms with van der Waals surface area (Å²) in [6, 6.07) is -0.267. The van der Waals surface area contributed by atoms with Gasteiger partial charge < -0.3 is 0 Å². The second-order valence-electron chi connectivity index (χ2n) is 5.31. The van der Waals surface area contributed by atoms with Crippen LogP contribution in [0.25, 0.3) is 0 Å². The summed E-state index contributed by atoms with van der Waals surface area (Å²) in [5.74, 6) is 1.46. The van der Waals surface area contributed by atoms with Crippen molar-refractivity contribution in [1.29, 1.82) is 0 Å². The first-order valence-corrected chi connectivity index (χ1v) is 5.08. The van der Waals surface area contributed by atoms with Gasteiger partial charge in [0.05, 0.1) is 0 Å². The summed E-state index contributed by atoms with van der Waals surface area (Å²) < 4.78 is 0. The van der Waals surface area contributed by atoms with Crippen molar-refractivity contribution < 1.29 is 4.92 Å². The lowest BCUT2D eigenvalue weighted by Gasteiger charge is -2.59. The zero-order valence-corrected chi connectivity index (χ0v) is 8.49. The Morgan fingerprint density at radius 3 is 2.38 bits per heavy atom. The molecule has 3 fully saturated rings. The number of rotatable bonds is 1. The number of nitro groups is 1. The van der Waals surface area contributed by atoms with Crippen molar-refractivity contribution >= 4 is 0 Å². The maximum Gasteiger partial charge on any atom is 0.216 e. The molecule has 3 aliphatic rings. The van der Waals surface area contributed by atoms with Crippen LogP contribution in [0.2, 0.25) is 0 Å². The Labute approximate surface area is 78.7 Å². The third-order valence-corrected chi connectivity index (χ3v) is 4.58. The monoisotopic (exact) mass is 183 g/mol. The van der Waals surface area contributed by atoms with Gasteiger partial charge in [0.15, 0.2) is 0 Å². The smallest absolute Gasteiger partial charge is 0.216 e. The van der Waals surface area contributed by atoms with Crippen LogP contribution in [0.15, 0.2) is 0 Å². The van der Waals surface area contributed by atoms with E-state index in [0.717, 1.165) is 6.42 Å². The van der Waals surface area contributed by atoms with Gasteiger partial charge in [-0.3, -0.25) is 10.1 Å². The van der Waals surface area contributed by atoms with Gasteiger partial charge in [0.2, 0.25) is 6.04 Å². The van der Waals surface area contributed by atoms with Crippen LogP contribution >= 0.6 is 0 Å². The van der Waals surface area contributed by atoms with Crippen LogP contribution in [-0.4, -0.2) is 11.0 Å². The topological polar surface area (TPSA) is 43.1 Å². The fourth-order valence-electron chi connectivity index (χ4n) is 3.40. The molecule has 0 aliphatic heterocycles. The molecule has 0 amide bonds. The van der Waals surface area contributed by atoms with Gasteiger partial charge in [0, 0.05) is 17.3 Å². The first-order valence-electron chi connectivity index (χ1n) is 5.08. The minimum Gasteiger partial charge on any atom is -0.264 e. The van der Waals surface area contributed by atoms with Crippen LogP contribution in [0, 0.1) is 33.3 Å². The summed E-state index contributed by atoms with van der Waals surface area (Å²) in [6.07, 6.45) is 2.02. The number of hydrogen-bond donors (Lipinski definition) is 0. The van der Waals surface area contributed by atoms with Crippen molar-refractivity contribution in [2.75, 3.05) is 0 Å². The fourth-order valence-corrected chi connectivity index (χ4v) is 3.40. The van der Waals surface area contributed by atoms with E-state index in [2.05, 4.69) is 20.8 Å². The highest BCUT2D eigenvalue weighted by Gasteiger charge is 2.59. The molecule has 2 bridgehead atoms. The van der Waals surface area contributed by atoms with E-state index in [4.69, 9.17) is 0 Å². The van der Waals surface area contributed by atoms with E-state index >= 15 is 0 Å². The average molecular weight is 183 g/mol. The maximum atomic E-state index is 10.7. The number of hydrogen-bond acceptors (Lipinski definition) is 2. The molecule has 0 radical (unpaired) electrons. The molecule has 3 aliphatic carbocycles. The Balaban J connectivity index is 2.16. The van der Waals surface area contributed by atoms with Crippen LogP contribution in [0.5, 0.6) is 0 Å². The average Bonchev–Trinajstić information content (AvgIpc) is 2.02. The molecule has 3 rings (SSSR count). The standard InChI is InChI=1S/C10H17NO2/c1-6-8-4-7(10(8,2)3)5-9(6)11(12)13/h6-9H,4-5H2,1-3H3/t6-,7+,8-,9-/m0/s1. The molecule has 0 aromatic rings. The molecule has 4 atom stereocenters. The second-order valence-corrected chi connectivity index (χ2v) is 5.31. The van der Waals surface area contributed by atoms with E-state index in [1.54, 1.807) is 0 Å². The molecule has 0 aromatic carbocycles. The molecule has 0 unspecified atom stereocenters. The first-order chi connectivity index (χ1) is 5.94.